The van der Waals surface area contributed by atoms with Crippen LogP contribution in [0.1, 0.15) is 66.2 Å². The van der Waals surface area contributed by atoms with Gasteiger partial charge in [0.1, 0.15) is 0 Å². The zero-order chi connectivity index (χ0) is 16.5. The van der Waals surface area contributed by atoms with Gasteiger partial charge in [0, 0.05) is 36.7 Å². The summed E-state index contributed by atoms with van der Waals surface area (Å²) in [5.74, 6) is -2.20. The lowest BCUT2D eigenvalue weighted by Crippen LogP contribution is -3.06. The quantitative estimate of drug-likeness (QED) is 0.766. The standard InChI is InChI=1S/C17H30N2O3/c1-16(2)9-11(10-17(3,4)19-16)18-14(20)12-7-5-6-8-13(12)15(21)22/h11-13,19H,5-10H2,1-4H3,(H,18,20)(H,21,22)/t12-,13+/m0/s1. The topological polar surface area (TPSA) is 85.8 Å². The monoisotopic (exact) mass is 310 g/mol. The van der Waals surface area contributed by atoms with Gasteiger partial charge in [-0.25, -0.2) is 0 Å². The van der Waals surface area contributed by atoms with Crippen LogP contribution in [0.15, 0.2) is 0 Å². The number of hydrogen-bond donors (Lipinski definition) is 2. The van der Waals surface area contributed by atoms with Gasteiger partial charge in [-0.05, 0) is 40.5 Å². The van der Waals surface area contributed by atoms with Gasteiger partial charge in [0.05, 0.1) is 11.1 Å². The number of quaternary nitrogens is 1. The van der Waals surface area contributed by atoms with E-state index in [4.69, 9.17) is 0 Å². The van der Waals surface area contributed by atoms with Crippen molar-refractivity contribution < 1.29 is 20.0 Å². The number of nitrogens with two attached hydrogens (primary N) is 1. The Kier molecular flexibility index (Phi) is 4.85. The molecule has 1 saturated heterocycles. The molecule has 0 spiro atoms. The Morgan fingerprint density at radius 3 is 2.00 bits per heavy atom. The maximum Gasteiger partial charge on any atom is 0.223 e. The third kappa shape index (κ3) is 4.22. The molecule has 3 N–H and O–H groups in total. The van der Waals surface area contributed by atoms with Crippen molar-refractivity contribution in [3.63, 3.8) is 0 Å². The van der Waals surface area contributed by atoms with Gasteiger partial charge in [0.2, 0.25) is 5.91 Å². The van der Waals surface area contributed by atoms with Crippen molar-refractivity contribution in [2.45, 2.75) is 83.3 Å². The number of carboxylic acid groups (broad SMARTS) is 1. The number of piperidine rings is 1. The fourth-order valence-corrected chi connectivity index (χ4v) is 4.65. The van der Waals surface area contributed by atoms with Gasteiger partial charge in [0.15, 0.2) is 0 Å². The van der Waals surface area contributed by atoms with E-state index in [9.17, 15) is 14.7 Å². The number of amides is 1. The normalized spacial score (nSPS) is 31.5. The minimum atomic E-state index is -1.07. The first kappa shape index (κ1) is 17.3. The summed E-state index contributed by atoms with van der Waals surface area (Å²) >= 11 is 0. The van der Waals surface area contributed by atoms with Gasteiger partial charge < -0.3 is 20.5 Å². The number of carbonyl (C=O) groups excluding carboxylic acids is 2. The highest BCUT2D eigenvalue weighted by molar-refractivity contribution is 5.84. The lowest BCUT2D eigenvalue weighted by molar-refractivity contribution is -0.788. The van der Waals surface area contributed by atoms with E-state index < -0.39 is 17.8 Å². The van der Waals surface area contributed by atoms with Gasteiger partial charge in [-0.2, -0.15) is 0 Å². The Bertz CT molecular complexity index is 429. The first-order valence-corrected chi connectivity index (χ1v) is 8.48. The Morgan fingerprint density at radius 2 is 1.50 bits per heavy atom. The summed E-state index contributed by atoms with van der Waals surface area (Å²) < 4.78 is 0. The third-order valence-corrected chi connectivity index (χ3v) is 5.08. The highest BCUT2D eigenvalue weighted by Crippen LogP contribution is 2.31. The Balaban J connectivity index is 2.02. The minimum Gasteiger partial charge on any atom is -0.550 e. The fourth-order valence-electron chi connectivity index (χ4n) is 4.65. The van der Waals surface area contributed by atoms with E-state index in [1.54, 1.807) is 0 Å². The molecule has 2 atom stereocenters. The van der Waals surface area contributed by atoms with Crippen molar-refractivity contribution in [1.82, 2.24) is 5.32 Å². The molecule has 2 fully saturated rings. The van der Waals surface area contributed by atoms with Crippen LogP contribution in [0.2, 0.25) is 0 Å². The molecule has 22 heavy (non-hydrogen) atoms. The molecular weight excluding hydrogens is 280 g/mol. The van der Waals surface area contributed by atoms with E-state index in [1.165, 1.54) is 0 Å². The Labute approximate surface area is 133 Å². The lowest BCUT2D eigenvalue weighted by atomic mass is 9.77. The van der Waals surface area contributed by atoms with Crippen molar-refractivity contribution in [3.05, 3.63) is 0 Å². The van der Waals surface area contributed by atoms with Crippen LogP contribution < -0.4 is 15.7 Å². The molecule has 5 heteroatoms. The maximum absolute atomic E-state index is 12.6. The van der Waals surface area contributed by atoms with Crippen LogP contribution in [0.3, 0.4) is 0 Å². The molecule has 1 aliphatic carbocycles. The largest absolute Gasteiger partial charge is 0.550 e. The molecule has 1 aliphatic heterocycles. The second-order valence-corrected chi connectivity index (χ2v) is 8.55. The molecule has 5 nitrogen and oxygen atoms in total. The predicted molar refractivity (Wildman–Crippen MR) is 81.7 cm³/mol. The minimum absolute atomic E-state index is 0.0833. The summed E-state index contributed by atoms with van der Waals surface area (Å²) in [6, 6.07) is 0.117. The molecule has 0 aromatic heterocycles. The van der Waals surface area contributed by atoms with E-state index >= 15 is 0 Å². The van der Waals surface area contributed by atoms with Crippen LogP contribution in [0.4, 0.5) is 0 Å². The maximum atomic E-state index is 12.6. The average molecular weight is 310 g/mol. The zero-order valence-corrected chi connectivity index (χ0v) is 14.3. The highest BCUT2D eigenvalue weighted by atomic mass is 16.4. The third-order valence-electron chi connectivity index (χ3n) is 5.08. The van der Waals surface area contributed by atoms with Crippen LogP contribution in [0.5, 0.6) is 0 Å². The van der Waals surface area contributed by atoms with E-state index in [-0.39, 0.29) is 23.0 Å². The average Bonchev–Trinajstić information content (AvgIpc) is 2.34. The fraction of sp³-hybridized carbons (Fsp3) is 0.882. The van der Waals surface area contributed by atoms with Crippen LogP contribution in [-0.2, 0) is 9.59 Å². The number of aliphatic carboxylic acids is 1. The molecule has 1 amide bonds. The van der Waals surface area contributed by atoms with Gasteiger partial charge in [-0.1, -0.05) is 12.8 Å². The van der Waals surface area contributed by atoms with Gasteiger partial charge in [-0.15, -0.1) is 0 Å². The smallest absolute Gasteiger partial charge is 0.223 e. The summed E-state index contributed by atoms with van der Waals surface area (Å²) in [6.07, 6.45) is 4.85. The van der Waals surface area contributed by atoms with Gasteiger partial charge in [0.25, 0.3) is 0 Å². The Hall–Kier alpha value is -1.10. The summed E-state index contributed by atoms with van der Waals surface area (Å²) in [4.78, 5) is 23.9. The molecule has 0 bridgehead atoms. The summed E-state index contributed by atoms with van der Waals surface area (Å²) in [6.45, 7) is 8.77. The van der Waals surface area contributed by atoms with E-state index in [0.29, 0.717) is 12.8 Å². The Morgan fingerprint density at radius 1 is 1.00 bits per heavy atom. The molecule has 2 rings (SSSR count). The van der Waals surface area contributed by atoms with E-state index in [0.717, 1.165) is 25.7 Å². The molecule has 0 unspecified atom stereocenters. The SMILES string of the molecule is CC1(C)CC(NC(=O)[C@H]2CCCC[C@H]2C(=O)[O-])CC(C)(C)[NH2+]1. The number of hydrogen-bond acceptors (Lipinski definition) is 3. The van der Waals surface area contributed by atoms with Crippen molar-refractivity contribution in [2.75, 3.05) is 0 Å². The molecule has 0 aromatic rings. The van der Waals surface area contributed by atoms with Crippen LogP contribution in [0, 0.1) is 11.8 Å². The summed E-state index contributed by atoms with van der Waals surface area (Å²) in [5, 5.41) is 16.8. The highest BCUT2D eigenvalue weighted by Gasteiger charge is 2.43. The molecule has 126 valence electrons. The van der Waals surface area contributed by atoms with Crippen molar-refractivity contribution >= 4 is 11.9 Å². The van der Waals surface area contributed by atoms with Gasteiger partial charge >= 0.3 is 0 Å². The van der Waals surface area contributed by atoms with Crippen molar-refractivity contribution in [3.8, 4) is 0 Å². The number of rotatable bonds is 3. The second kappa shape index (κ2) is 6.19. The summed E-state index contributed by atoms with van der Waals surface area (Å²) in [5.41, 5.74) is 0.167. The van der Waals surface area contributed by atoms with Crippen LogP contribution in [-0.4, -0.2) is 29.0 Å². The van der Waals surface area contributed by atoms with Crippen molar-refractivity contribution in [1.29, 1.82) is 0 Å². The lowest BCUT2D eigenvalue weighted by Gasteiger charge is -2.43. The number of nitrogens with one attached hydrogen (secondary N) is 1. The van der Waals surface area contributed by atoms with Gasteiger partial charge in [-0.3, -0.25) is 4.79 Å². The molecule has 0 radical (unpaired) electrons. The number of carbonyl (C=O) groups is 2. The van der Waals surface area contributed by atoms with E-state index in [2.05, 4.69) is 38.3 Å². The first-order valence-electron chi connectivity index (χ1n) is 8.48. The zero-order valence-electron chi connectivity index (χ0n) is 14.3. The molecule has 0 aromatic carbocycles. The van der Waals surface area contributed by atoms with Crippen molar-refractivity contribution in [2.24, 2.45) is 11.8 Å². The number of carboxylic acids is 1. The molecule has 1 saturated carbocycles. The molecule has 2 aliphatic rings. The van der Waals surface area contributed by atoms with E-state index in [1.807, 2.05) is 0 Å². The first-order chi connectivity index (χ1) is 10.1. The van der Waals surface area contributed by atoms with Crippen LogP contribution >= 0.6 is 0 Å². The molecule has 1 heterocycles. The summed E-state index contributed by atoms with van der Waals surface area (Å²) in [7, 11) is 0. The predicted octanol–water partition coefficient (Wildman–Crippen LogP) is -0.0581. The second-order valence-electron chi connectivity index (χ2n) is 8.55. The molecular formula is C17H30N2O3. The van der Waals surface area contributed by atoms with Crippen LogP contribution in [0.25, 0.3) is 0 Å².